The predicted molar refractivity (Wildman–Crippen MR) is 71.5 cm³/mol. The predicted octanol–water partition coefficient (Wildman–Crippen LogP) is 1.18. The first-order valence-electron chi connectivity index (χ1n) is 5.59. The Labute approximate surface area is 111 Å². The van der Waals surface area contributed by atoms with Gasteiger partial charge in [-0.1, -0.05) is 11.6 Å². The number of carbonyl (C=O) groups is 2. The molecule has 0 aromatic heterocycles. The number of halogens is 1. The third-order valence-electron chi connectivity index (χ3n) is 2.35. The van der Waals surface area contributed by atoms with Gasteiger partial charge in [0.2, 0.25) is 5.91 Å². The number of hydrogen-bond acceptors (Lipinski definition) is 3. The number of likely N-dealkylation sites (N-methyl/N-ethyl adjacent to an activating group) is 1. The highest BCUT2D eigenvalue weighted by molar-refractivity contribution is 6.33. The summed E-state index contributed by atoms with van der Waals surface area (Å²) in [6.07, 6.45) is 0. The van der Waals surface area contributed by atoms with E-state index in [-0.39, 0.29) is 11.8 Å². The molecular weight excluding hydrogens is 254 g/mol. The zero-order valence-electron chi connectivity index (χ0n) is 10.3. The zero-order valence-corrected chi connectivity index (χ0v) is 11.0. The summed E-state index contributed by atoms with van der Waals surface area (Å²) >= 11 is 5.82. The Morgan fingerprint density at radius 1 is 1.44 bits per heavy atom. The molecular formula is C12H16ClN3O2. The van der Waals surface area contributed by atoms with E-state index in [9.17, 15) is 9.59 Å². The van der Waals surface area contributed by atoms with Crippen LogP contribution in [0.3, 0.4) is 0 Å². The lowest BCUT2D eigenvalue weighted by molar-refractivity contribution is -0.122. The molecule has 0 aliphatic rings. The van der Waals surface area contributed by atoms with Gasteiger partial charge in [-0.25, -0.2) is 0 Å². The van der Waals surface area contributed by atoms with Gasteiger partial charge in [-0.3, -0.25) is 9.59 Å². The number of benzene rings is 1. The van der Waals surface area contributed by atoms with Crippen molar-refractivity contribution in [3.63, 3.8) is 0 Å². The number of nitrogens with one attached hydrogen (secondary N) is 2. The van der Waals surface area contributed by atoms with Crippen LogP contribution in [0, 0.1) is 0 Å². The van der Waals surface area contributed by atoms with Gasteiger partial charge in [-0.05, 0) is 32.0 Å². The molecule has 0 heterocycles. The minimum absolute atomic E-state index is 0.229. The quantitative estimate of drug-likeness (QED) is 0.718. The van der Waals surface area contributed by atoms with E-state index in [1.54, 1.807) is 19.1 Å². The third kappa shape index (κ3) is 3.63. The summed E-state index contributed by atoms with van der Waals surface area (Å²) in [5, 5.41) is 5.51. The normalized spacial score (nSPS) is 11.7. The largest absolute Gasteiger partial charge is 0.398 e. The van der Waals surface area contributed by atoms with E-state index in [1.165, 1.54) is 6.07 Å². The van der Waals surface area contributed by atoms with Crippen LogP contribution in [0.2, 0.25) is 5.02 Å². The van der Waals surface area contributed by atoms with Crippen LogP contribution in [-0.2, 0) is 4.79 Å². The van der Waals surface area contributed by atoms with Gasteiger partial charge in [0.25, 0.3) is 5.91 Å². The van der Waals surface area contributed by atoms with E-state index >= 15 is 0 Å². The molecule has 1 atom stereocenters. The van der Waals surface area contributed by atoms with Crippen LogP contribution >= 0.6 is 11.6 Å². The lowest BCUT2D eigenvalue weighted by atomic mass is 10.2. The van der Waals surface area contributed by atoms with E-state index in [4.69, 9.17) is 17.3 Å². The molecule has 1 unspecified atom stereocenters. The molecule has 6 heteroatoms. The minimum Gasteiger partial charge on any atom is -0.398 e. The van der Waals surface area contributed by atoms with Crippen LogP contribution in [0.4, 0.5) is 5.69 Å². The molecule has 0 fully saturated rings. The first-order valence-corrected chi connectivity index (χ1v) is 5.97. The van der Waals surface area contributed by atoms with Crippen LogP contribution in [0.15, 0.2) is 18.2 Å². The zero-order chi connectivity index (χ0) is 13.7. The monoisotopic (exact) mass is 269 g/mol. The number of nitrogens with two attached hydrogens (primary N) is 1. The fourth-order valence-electron chi connectivity index (χ4n) is 1.34. The summed E-state index contributed by atoms with van der Waals surface area (Å²) in [7, 11) is 0. The summed E-state index contributed by atoms with van der Waals surface area (Å²) in [5.74, 6) is -0.594. The summed E-state index contributed by atoms with van der Waals surface area (Å²) < 4.78 is 0. The van der Waals surface area contributed by atoms with Gasteiger partial charge >= 0.3 is 0 Å². The van der Waals surface area contributed by atoms with Crippen molar-refractivity contribution in [2.75, 3.05) is 12.3 Å². The smallest absolute Gasteiger partial charge is 0.251 e. The van der Waals surface area contributed by atoms with E-state index in [2.05, 4.69) is 10.6 Å². The second kappa shape index (κ2) is 6.26. The molecule has 18 heavy (non-hydrogen) atoms. The van der Waals surface area contributed by atoms with E-state index in [1.807, 2.05) is 6.92 Å². The first-order chi connectivity index (χ1) is 8.45. The van der Waals surface area contributed by atoms with Gasteiger partial charge in [0.15, 0.2) is 0 Å². The molecule has 0 spiro atoms. The Kier molecular flexibility index (Phi) is 4.97. The fraction of sp³-hybridized carbons (Fsp3) is 0.333. The molecule has 0 aliphatic carbocycles. The molecule has 0 radical (unpaired) electrons. The molecule has 0 saturated heterocycles. The SMILES string of the molecule is CCNC(=O)C(C)NC(=O)c1ccc(N)c(Cl)c1. The summed E-state index contributed by atoms with van der Waals surface area (Å²) in [6, 6.07) is 3.97. The van der Waals surface area contributed by atoms with Gasteiger partial charge in [0.05, 0.1) is 10.7 Å². The highest BCUT2D eigenvalue weighted by atomic mass is 35.5. The molecule has 5 nitrogen and oxygen atoms in total. The summed E-state index contributed by atoms with van der Waals surface area (Å²) in [4.78, 5) is 23.3. The second-order valence-electron chi connectivity index (χ2n) is 3.83. The van der Waals surface area contributed by atoms with Crippen molar-refractivity contribution >= 4 is 29.1 Å². The molecule has 1 rings (SSSR count). The van der Waals surface area contributed by atoms with E-state index in [0.29, 0.717) is 22.8 Å². The van der Waals surface area contributed by atoms with Gasteiger partial charge in [0.1, 0.15) is 6.04 Å². The molecule has 0 aliphatic heterocycles. The first kappa shape index (κ1) is 14.3. The maximum absolute atomic E-state index is 11.8. The molecule has 2 amide bonds. The summed E-state index contributed by atoms with van der Waals surface area (Å²) in [6.45, 7) is 3.95. The topological polar surface area (TPSA) is 84.2 Å². The van der Waals surface area contributed by atoms with Gasteiger partial charge in [-0.2, -0.15) is 0 Å². The standard InChI is InChI=1S/C12H16ClN3O2/c1-3-15-11(17)7(2)16-12(18)8-4-5-10(14)9(13)6-8/h4-7H,3,14H2,1-2H3,(H,15,17)(H,16,18). The number of amides is 2. The molecule has 1 aromatic carbocycles. The highest BCUT2D eigenvalue weighted by Crippen LogP contribution is 2.19. The average Bonchev–Trinajstić information content (AvgIpc) is 2.32. The van der Waals surface area contributed by atoms with Crippen molar-refractivity contribution in [2.45, 2.75) is 19.9 Å². The average molecular weight is 270 g/mol. The molecule has 4 N–H and O–H groups in total. The van der Waals surface area contributed by atoms with Gasteiger partial charge < -0.3 is 16.4 Å². The van der Waals surface area contributed by atoms with Crippen LogP contribution in [0.5, 0.6) is 0 Å². The molecule has 1 aromatic rings. The Hall–Kier alpha value is -1.75. The molecule has 0 saturated carbocycles. The van der Waals surface area contributed by atoms with Crippen LogP contribution in [0.25, 0.3) is 0 Å². The van der Waals surface area contributed by atoms with Crippen molar-refractivity contribution in [2.24, 2.45) is 0 Å². The lowest BCUT2D eigenvalue weighted by Crippen LogP contribution is -2.44. The Balaban J connectivity index is 2.70. The van der Waals surface area contributed by atoms with Crippen molar-refractivity contribution < 1.29 is 9.59 Å². The number of carbonyl (C=O) groups excluding carboxylic acids is 2. The Bertz CT molecular complexity index is 463. The third-order valence-corrected chi connectivity index (χ3v) is 2.68. The van der Waals surface area contributed by atoms with Crippen molar-refractivity contribution in [3.05, 3.63) is 28.8 Å². The number of nitrogen functional groups attached to an aromatic ring is 1. The molecule has 0 bridgehead atoms. The maximum atomic E-state index is 11.8. The van der Waals surface area contributed by atoms with Crippen molar-refractivity contribution in [1.82, 2.24) is 10.6 Å². The minimum atomic E-state index is -0.603. The second-order valence-corrected chi connectivity index (χ2v) is 4.23. The van der Waals surface area contributed by atoms with Crippen LogP contribution in [0.1, 0.15) is 24.2 Å². The summed E-state index contributed by atoms with van der Waals surface area (Å²) in [5.41, 5.74) is 6.32. The van der Waals surface area contributed by atoms with Crippen molar-refractivity contribution in [3.8, 4) is 0 Å². The lowest BCUT2D eigenvalue weighted by Gasteiger charge is -2.13. The van der Waals surface area contributed by atoms with E-state index < -0.39 is 6.04 Å². The van der Waals surface area contributed by atoms with Crippen LogP contribution < -0.4 is 16.4 Å². The number of hydrogen-bond donors (Lipinski definition) is 3. The van der Waals surface area contributed by atoms with Gasteiger partial charge in [-0.15, -0.1) is 0 Å². The number of anilines is 1. The Morgan fingerprint density at radius 2 is 2.11 bits per heavy atom. The van der Waals surface area contributed by atoms with Crippen LogP contribution in [-0.4, -0.2) is 24.4 Å². The molecule has 98 valence electrons. The van der Waals surface area contributed by atoms with Gasteiger partial charge in [0, 0.05) is 12.1 Å². The fourth-order valence-corrected chi connectivity index (χ4v) is 1.52. The van der Waals surface area contributed by atoms with E-state index in [0.717, 1.165) is 0 Å². The van der Waals surface area contributed by atoms with Crippen molar-refractivity contribution in [1.29, 1.82) is 0 Å². The number of rotatable bonds is 4. The highest BCUT2D eigenvalue weighted by Gasteiger charge is 2.16. The Morgan fingerprint density at radius 3 is 2.67 bits per heavy atom. The maximum Gasteiger partial charge on any atom is 0.251 e.